The zero-order valence-corrected chi connectivity index (χ0v) is 15.0. The normalized spacial score (nSPS) is 15.7. The molecule has 2 aromatic carbocycles. The summed E-state index contributed by atoms with van der Waals surface area (Å²) >= 11 is 0. The highest BCUT2D eigenvalue weighted by Gasteiger charge is 2.30. The Hall–Kier alpha value is -2.69. The minimum atomic E-state index is 0.0618. The Morgan fingerprint density at radius 2 is 1.72 bits per heavy atom. The van der Waals surface area contributed by atoms with E-state index in [0.717, 1.165) is 17.7 Å². The Kier molecular flexibility index (Phi) is 4.83. The van der Waals surface area contributed by atoms with Crippen molar-refractivity contribution in [1.82, 2.24) is 0 Å². The van der Waals surface area contributed by atoms with E-state index < -0.39 is 0 Å². The van der Waals surface area contributed by atoms with E-state index in [4.69, 9.17) is 14.2 Å². The molecular formula is C20H23NO4. The lowest BCUT2D eigenvalue weighted by atomic mass is 10.1. The van der Waals surface area contributed by atoms with Gasteiger partial charge in [0.05, 0.1) is 27.8 Å². The zero-order valence-electron chi connectivity index (χ0n) is 15.0. The topological polar surface area (TPSA) is 48.0 Å². The fraction of sp³-hybridized carbons (Fsp3) is 0.350. The van der Waals surface area contributed by atoms with Crippen LogP contribution in [-0.4, -0.2) is 33.3 Å². The molecule has 1 atom stereocenters. The number of methoxy groups -OCH3 is 3. The molecule has 1 heterocycles. The van der Waals surface area contributed by atoms with Crippen LogP contribution < -0.4 is 19.1 Å². The van der Waals surface area contributed by atoms with Gasteiger partial charge >= 0.3 is 0 Å². The van der Waals surface area contributed by atoms with E-state index >= 15 is 0 Å². The molecule has 5 heteroatoms. The molecule has 2 aromatic rings. The Morgan fingerprint density at radius 1 is 1.08 bits per heavy atom. The number of anilines is 1. The molecule has 1 aliphatic heterocycles. The maximum atomic E-state index is 13.0. The van der Waals surface area contributed by atoms with Gasteiger partial charge in [-0.05, 0) is 42.7 Å². The largest absolute Gasteiger partial charge is 0.493 e. The summed E-state index contributed by atoms with van der Waals surface area (Å²) in [5.74, 6) is 1.70. The molecule has 5 nitrogen and oxygen atoms in total. The van der Waals surface area contributed by atoms with Gasteiger partial charge in [0.15, 0.2) is 11.5 Å². The first-order valence-electron chi connectivity index (χ1n) is 8.27. The standard InChI is InChI=1S/C20H23NO4/c1-13-9-15-7-5-6-8-16(15)21(13)19(22)12-14-10-17(23-2)20(25-4)18(11-14)24-3/h5-8,10-11,13H,9,12H2,1-4H3/t13-/m0/s1. The van der Waals surface area contributed by atoms with Crippen LogP contribution in [-0.2, 0) is 17.6 Å². The molecule has 0 radical (unpaired) electrons. The predicted molar refractivity (Wildman–Crippen MR) is 96.9 cm³/mol. The highest BCUT2D eigenvalue weighted by atomic mass is 16.5. The number of carbonyl (C=O) groups is 1. The van der Waals surface area contributed by atoms with Crippen LogP contribution in [0.1, 0.15) is 18.1 Å². The van der Waals surface area contributed by atoms with Crippen LogP contribution in [0.5, 0.6) is 17.2 Å². The molecule has 0 N–H and O–H groups in total. The summed E-state index contributed by atoms with van der Waals surface area (Å²) in [5.41, 5.74) is 3.05. The van der Waals surface area contributed by atoms with Crippen LogP contribution in [0.3, 0.4) is 0 Å². The Morgan fingerprint density at radius 3 is 2.32 bits per heavy atom. The van der Waals surface area contributed by atoms with Gasteiger partial charge in [-0.2, -0.15) is 0 Å². The number of rotatable bonds is 5. The van der Waals surface area contributed by atoms with E-state index in [1.807, 2.05) is 35.2 Å². The molecule has 132 valence electrons. The molecule has 0 saturated heterocycles. The monoisotopic (exact) mass is 341 g/mol. The van der Waals surface area contributed by atoms with Crippen LogP contribution in [0.4, 0.5) is 5.69 Å². The smallest absolute Gasteiger partial charge is 0.231 e. The van der Waals surface area contributed by atoms with Crippen LogP contribution in [0.15, 0.2) is 36.4 Å². The fourth-order valence-electron chi connectivity index (χ4n) is 3.44. The van der Waals surface area contributed by atoms with Gasteiger partial charge in [-0.3, -0.25) is 4.79 Å². The molecule has 0 bridgehead atoms. The van der Waals surface area contributed by atoms with Crippen LogP contribution in [0.25, 0.3) is 0 Å². The Balaban J connectivity index is 1.89. The summed E-state index contributed by atoms with van der Waals surface area (Å²) in [6.45, 7) is 2.08. The second-order valence-corrected chi connectivity index (χ2v) is 6.16. The molecular weight excluding hydrogens is 318 g/mol. The molecule has 0 unspecified atom stereocenters. The minimum absolute atomic E-state index is 0.0618. The lowest BCUT2D eigenvalue weighted by molar-refractivity contribution is -0.118. The van der Waals surface area contributed by atoms with Crippen molar-refractivity contribution in [3.8, 4) is 17.2 Å². The zero-order chi connectivity index (χ0) is 18.0. The number of benzene rings is 2. The van der Waals surface area contributed by atoms with E-state index in [9.17, 15) is 4.79 Å². The third kappa shape index (κ3) is 3.14. The molecule has 3 rings (SSSR count). The average Bonchev–Trinajstić information content (AvgIpc) is 2.96. The van der Waals surface area contributed by atoms with Gasteiger partial charge in [-0.15, -0.1) is 0 Å². The van der Waals surface area contributed by atoms with Crippen molar-refractivity contribution < 1.29 is 19.0 Å². The third-order valence-corrected chi connectivity index (χ3v) is 4.56. The molecule has 25 heavy (non-hydrogen) atoms. The van der Waals surface area contributed by atoms with Gasteiger partial charge in [0.25, 0.3) is 0 Å². The van der Waals surface area contributed by atoms with E-state index in [0.29, 0.717) is 17.2 Å². The Labute approximate surface area is 148 Å². The van der Waals surface area contributed by atoms with Crippen LogP contribution >= 0.6 is 0 Å². The van der Waals surface area contributed by atoms with Gasteiger partial charge in [0.1, 0.15) is 0 Å². The predicted octanol–water partition coefficient (Wildman–Crippen LogP) is 3.23. The van der Waals surface area contributed by atoms with Gasteiger partial charge in [0, 0.05) is 11.7 Å². The first-order chi connectivity index (χ1) is 12.1. The third-order valence-electron chi connectivity index (χ3n) is 4.56. The van der Waals surface area contributed by atoms with Crippen molar-refractivity contribution in [2.24, 2.45) is 0 Å². The molecule has 1 amide bonds. The molecule has 0 fully saturated rings. The number of nitrogens with zero attached hydrogens (tertiary/aromatic N) is 1. The van der Waals surface area contributed by atoms with Crippen molar-refractivity contribution in [2.45, 2.75) is 25.8 Å². The highest BCUT2D eigenvalue weighted by molar-refractivity contribution is 5.97. The second kappa shape index (κ2) is 7.05. The van der Waals surface area contributed by atoms with Gasteiger partial charge in [-0.25, -0.2) is 0 Å². The Bertz CT molecular complexity index is 762. The summed E-state index contributed by atoms with van der Waals surface area (Å²) in [4.78, 5) is 14.8. The van der Waals surface area contributed by atoms with Crippen molar-refractivity contribution in [3.63, 3.8) is 0 Å². The van der Waals surface area contributed by atoms with Crippen molar-refractivity contribution >= 4 is 11.6 Å². The van der Waals surface area contributed by atoms with Gasteiger partial charge in [-0.1, -0.05) is 18.2 Å². The maximum Gasteiger partial charge on any atom is 0.231 e. The minimum Gasteiger partial charge on any atom is -0.493 e. The fourth-order valence-corrected chi connectivity index (χ4v) is 3.44. The van der Waals surface area contributed by atoms with E-state index in [-0.39, 0.29) is 18.4 Å². The lowest BCUT2D eigenvalue weighted by Gasteiger charge is -2.23. The quantitative estimate of drug-likeness (QED) is 0.838. The number of amides is 1. The number of hydrogen-bond donors (Lipinski definition) is 0. The summed E-state index contributed by atoms with van der Waals surface area (Å²) in [6.07, 6.45) is 1.16. The number of ether oxygens (including phenoxy) is 3. The molecule has 0 spiro atoms. The molecule has 0 aromatic heterocycles. The van der Waals surface area contributed by atoms with E-state index in [1.165, 1.54) is 5.56 Å². The molecule has 0 aliphatic carbocycles. The average molecular weight is 341 g/mol. The number of hydrogen-bond acceptors (Lipinski definition) is 4. The van der Waals surface area contributed by atoms with E-state index in [1.54, 1.807) is 21.3 Å². The van der Waals surface area contributed by atoms with E-state index in [2.05, 4.69) is 13.0 Å². The van der Waals surface area contributed by atoms with Crippen molar-refractivity contribution in [1.29, 1.82) is 0 Å². The number of fused-ring (bicyclic) bond motifs is 1. The molecule has 0 saturated carbocycles. The van der Waals surface area contributed by atoms with Gasteiger partial charge < -0.3 is 19.1 Å². The SMILES string of the molecule is COc1cc(CC(=O)N2c3ccccc3C[C@@H]2C)cc(OC)c1OC. The first kappa shape index (κ1) is 17.1. The maximum absolute atomic E-state index is 13.0. The summed E-state index contributed by atoms with van der Waals surface area (Å²) in [5, 5.41) is 0. The second-order valence-electron chi connectivity index (χ2n) is 6.16. The summed E-state index contributed by atoms with van der Waals surface area (Å²) in [6, 6.07) is 11.9. The van der Waals surface area contributed by atoms with Gasteiger partial charge in [0.2, 0.25) is 11.7 Å². The lowest BCUT2D eigenvalue weighted by Crippen LogP contribution is -2.36. The number of carbonyl (C=O) groups excluding carboxylic acids is 1. The first-order valence-corrected chi connectivity index (χ1v) is 8.27. The molecule has 1 aliphatic rings. The van der Waals surface area contributed by atoms with Crippen LogP contribution in [0, 0.1) is 0 Å². The highest BCUT2D eigenvalue weighted by Crippen LogP contribution is 2.39. The summed E-state index contributed by atoms with van der Waals surface area (Å²) < 4.78 is 16.1. The van der Waals surface area contributed by atoms with Crippen molar-refractivity contribution in [3.05, 3.63) is 47.5 Å². The van der Waals surface area contributed by atoms with Crippen LogP contribution in [0.2, 0.25) is 0 Å². The number of para-hydroxylation sites is 1. The summed E-state index contributed by atoms with van der Waals surface area (Å²) in [7, 11) is 4.71. The van der Waals surface area contributed by atoms with Crippen molar-refractivity contribution in [2.75, 3.05) is 26.2 Å².